The van der Waals surface area contributed by atoms with E-state index in [1.807, 2.05) is 18.4 Å². The Bertz CT molecular complexity index is 464. The van der Waals surface area contributed by atoms with Crippen molar-refractivity contribution >= 4 is 27.3 Å². The number of carbonyl (C=O) groups is 1. The van der Waals surface area contributed by atoms with Crippen LogP contribution in [-0.4, -0.2) is 15.8 Å². The van der Waals surface area contributed by atoms with Crippen molar-refractivity contribution in [1.82, 2.24) is 9.97 Å². The SMILES string of the molecule is CCC(=O)Cc1ncnc2ccsc12. The quantitative estimate of drug-likeness (QED) is 0.773. The molecular weight excluding hydrogens is 196 g/mol. The highest BCUT2D eigenvalue weighted by molar-refractivity contribution is 7.17. The van der Waals surface area contributed by atoms with Gasteiger partial charge >= 0.3 is 0 Å². The lowest BCUT2D eigenvalue weighted by molar-refractivity contribution is -0.118. The molecule has 2 aromatic heterocycles. The van der Waals surface area contributed by atoms with Crippen LogP contribution in [-0.2, 0) is 11.2 Å². The molecule has 0 aromatic carbocycles. The van der Waals surface area contributed by atoms with Crippen molar-refractivity contribution in [1.29, 1.82) is 0 Å². The standard InChI is InChI=1S/C10H10N2OS/c1-2-7(13)5-9-10-8(3-4-14-10)11-6-12-9/h3-4,6H,2,5H2,1H3. The Balaban J connectivity index is 2.41. The van der Waals surface area contributed by atoms with Crippen molar-refractivity contribution in [2.75, 3.05) is 0 Å². The Hall–Kier alpha value is -1.29. The number of thiophene rings is 1. The molecule has 0 amide bonds. The Labute approximate surface area is 85.8 Å². The molecule has 2 heterocycles. The monoisotopic (exact) mass is 206 g/mol. The van der Waals surface area contributed by atoms with Crippen molar-refractivity contribution in [2.24, 2.45) is 0 Å². The summed E-state index contributed by atoms with van der Waals surface area (Å²) in [5, 5.41) is 1.97. The summed E-state index contributed by atoms with van der Waals surface area (Å²) in [5.74, 6) is 0.221. The molecule has 0 aliphatic heterocycles. The van der Waals surface area contributed by atoms with Crippen LogP contribution in [0.4, 0.5) is 0 Å². The number of Topliss-reactive ketones (excluding diaryl/α,β-unsaturated/α-hetero) is 1. The highest BCUT2D eigenvalue weighted by Gasteiger charge is 2.08. The summed E-state index contributed by atoms with van der Waals surface area (Å²) >= 11 is 1.59. The second kappa shape index (κ2) is 3.84. The molecule has 0 spiro atoms. The van der Waals surface area contributed by atoms with Crippen molar-refractivity contribution in [3.63, 3.8) is 0 Å². The van der Waals surface area contributed by atoms with Gasteiger partial charge in [0.15, 0.2) is 0 Å². The van der Waals surface area contributed by atoms with Crippen LogP contribution in [0.2, 0.25) is 0 Å². The summed E-state index contributed by atoms with van der Waals surface area (Å²) < 4.78 is 1.04. The minimum Gasteiger partial charge on any atom is -0.299 e. The molecule has 0 N–H and O–H groups in total. The fourth-order valence-corrected chi connectivity index (χ4v) is 2.11. The van der Waals surface area contributed by atoms with Gasteiger partial charge in [0, 0.05) is 6.42 Å². The molecule has 0 saturated heterocycles. The predicted octanol–water partition coefficient (Wildman–Crippen LogP) is 2.21. The molecule has 4 heteroatoms. The van der Waals surface area contributed by atoms with Gasteiger partial charge in [-0.2, -0.15) is 0 Å². The number of hydrogen-bond donors (Lipinski definition) is 0. The molecule has 0 aliphatic carbocycles. The summed E-state index contributed by atoms with van der Waals surface area (Å²) in [4.78, 5) is 19.6. The molecule has 3 nitrogen and oxygen atoms in total. The maximum Gasteiger partial charge on any atom is 0.138 e. The van der Waals surface area contributed by atoms with E-state index < -0.39 is 0 Å². The van der Waals surface area contributed by atoms with E-state index in [0.29, 0.717) is 12.8 Å². The van der Waals surface area contributed by atoms with E-state index >= 15 is 0 Å². The molecule has 0 aliphatic rings. The van der Waals surface area contributed by atoms with Gasteiger partial charge in [0.25, 0.3) is 0 Å². The lowest BCUT2D eigenvalue weighted by atomic mass is 10.2. The number of fused-ring (bicyclic) bond motifs is 1. The van der Waals surface area contributed by atoms with Crippen LogP contribution in [0.25, 0.3) is 10.2 Å². The maximum atomic E-state index is 11.3. The zero-order valence-corrected chi connectivity index (χ0v) is 8.67. The first-order valence-electron chi connectivity index (χ1n) is 4.50. The predicted molar refractivity (Wildman–Crippen MR) is 56.4 cm³/mol. The largest absolute Gasteiger partial charge is 0.299 e. The van der Waals surface area contributed by atoms with Gasteiger partial charge in [0.1, 0.15) is 12.1 Å². The second-order valence-corrected chi connectivity index (χ2v) is 3.94. The van der Waals surface area contributed by atoms with Gasteiger partial charge in [-0.15, -0.1) is 11.3 Å². The van der Waals surface area contributed by atoms with Gasteiger partial charge in [0.05, 0.1) is 22.3 Å². The smallest absolute Gasteiger partial charge is 0.138 e. The summed E-state index contributed by atoms with van der Waals surface area (Å²) in [7, 11) is 0. The number of rotatable bonds is 3. The summed E-state index contributed by atoms with van der Waals surface area (Å²) in [6.07, 6.45) is 2.51. The number of hydrogen-bond acceptors (Lipinski definition) is 4. The van der Waals surface area contributed by atoms with E-state index in [-0.39, 0.29) is 5.78 Å². The van der Waals surface area contributed by atoms with E-state index in [4.69, 9.17) is 0 Å². The third-order valence-electron chi connectivity index (χ3n) is 2.08. The summed E-state index contributed by atoms with van der Waals surface area (Å²) in [6.45, 7) is 1.87. The molecule has 0 bridgehead atoms. The van der Waals surface area contributed by atoms with Crippen molar-refractivity contribution in [3.8, 4) is 0 Å². The first kappa shape index (κ1) is 9.27. The van der Waals surface area contributed by atoms with Gasteiger partial charge < -0.3 is 0 Å². The van der Waals surface area contributed by atoms with Crippen LogP contribution < -0.4 is 0 Å². The third-order valence-corrected chi connectivity index (χ3v) is 3.03. The number of nitrogens with zero attached hydrogens (tertiary/aromatic N) is 2. The molecule has 0 saturated carbocycles. The van der Waals surface area contributed by atoms with E-state index in [2.05, 4.69) is 9.97 Å². The zero-order valence-electron chi connectivity index (χ0n) is 7.86. The van der Waals surface area contributed by atoms with E-state index in [0.717, 1.165) is 15.9 Å². The van der Waals surface area contributed by atoms with Crippen LogP contribution in [0.5, 0.6) is 0 Å². The van der Waals surface area contributed by atoms with Crippen LogP contribution in [0.3, 0.4) is 0 Å². The fraction of sp³-hybridized carbons (Fsp3) is 0.300. The van der Waals surface area contributed by atoms with E-state index in [1.54, 1.807) is 11.3 Å². The Kier molecular flexibility index (Phi) is 2.54. The van der Waals surface area contributed by atoms with Crippen LogP contribution in [0.15, 0.2) is 17.8 Å². The Morgan fingerprint density at radius 1 is 1.50 bits per heavy atom. The van der Waals surface area contributed by atoms with Gasteiger partial charge in [-0.3, -0.25) is 4.79 Å². The minimum atomic E-state index is 0.221. The zero-order chi connectivity index (χ0) is 9.97. The molecule has 14 heavy (non-hydrogen) atoms. The molecule has 0 fully saturated rings. The highest BCUT2D eigenvalue weighted by atomic mass is 32.1. The van der Waals surface area contributed by atoms with Gasteiger partial charge in [-0.05, 0) is 11.4 Å². The van der Waals surface area contributed by atoms with Crippen LogP contribution in [0.1, 0.15) is 19.0 Å². The summed E-state index contributed by atoms with van der Waals surface area (Å²) in [5.41, 5.74) is 1.79. The van der Waals surface area contributed by atoms with Gasteiger partial charge in [-0.25, -0.2) is 9.97 Å². The molecule has 2 aromatic rings. The summed E-state index contributed by atoms with van der Waals surface area (Å²) in [6, 6.07) is 1.95. The molecule has 0 radical (unpaired) electrons. The van der Waals surface area contributed by atoms with Crippen LogP contribution >= 0.6 is 11.3 Å². The molecule has 72 valence electrons. The Morgan fingerprint density at radius 3 is 3.14 bits per heavy atom. The normalized spacial score (nSPS) is 10.6. The minimum absolute atomic E-state index is 0.221. The van der Waals surface area contributed by atoms with Crippen molar-refractivity contribution < 1.29 is 4.79 Å². The van der Waals surface area contributed by atoms with Crippen LogP contribution in [0, 0.1) is 0 Å². The number of ketones is 1. The van der Waals surface area contributed by atoms with Gasteiger partial charge in [-0.1, -0.05) is 6.92 Å². The molecular formula is C10H10N2OS. The first-order chi connectivity index (χ1) is 6.81. The Morgan fingerprint density at radius 2 is 2.36 bits per heavy atom. The van der Waals surface area contributed by atoms with Crippen molar-refractivity contribution in [3.05, 3.63) is 23.5 Å². The lowest BCUT2D eigenvalue weighted by Gasteiger charge is -1.98. The lowest BCUT2D eigenvalue weighted by Crippen LogP contribution is -2.02. The average Bonchev–Trinajstić information content (AvgIpc) is 2.66. The van der Waals surface area contributed by atoms with E-state index in [1.165, 1.54) is 6.33 Å². The molecule has 0 unspecified atom stereocenters. The fourth-order valence-electron chi connectivity index (χ4n) is 1.28. The van der Waals surface area contributed by atoms with Gasteiger partial charge in [0.2, 0.25) is 0 Å². The average molecular weight is 206 g/mol. The van der Waals surface area contributed by atoms with E-state index in [9.17, 15) is 4.79 Å². The maximum absolute atomic E-state index is 11.3. The van der Waals surface area contributed by atoms with Crippen molar-refractivity contribution in [2.45, 2.75) is 19.8 Å². The highest BCUT2D eigenvalue weighted by Crippen LogP contribution is 2.21. The number of carbonyl (C=O) groups excluding carboxylic acids is 1. The first-order valence-corrected chi connectivity index (χ1v) is 5.38. The molecule has 2 rings (SSSR count). The molecule has 0 atom stereocenters. The number of aromatic nitrogens is 2. The third kappa shape index (κ3) is 1.65. The topological polar surface area (TPSA) is 42.9 Å². The second-order valence-electron chi connectivity index (χ2n) is 3.02.